The van der Waals surface area contributed by atoms with Gasteiger partial charge in [-0.25, -0.2) is 4.79 Å². The maximum absolute atomic E-state index is 13.6. The highest BCUT2D eigenvalue weighted by Gasteiger charge is 2.52. The smallest absolute Gasteiger partial charge is 0.407 e. The molecule has 3 aliphatic heterocycles. The number of rotatable bonds is 11. The van der Waals surface area contributed by atoms with Crippen LogP contribution in [-0.2, 0) is 20.9 Å². The minimum atomic E-state index is -0.647. The first kappa shape index (κ1) is 37.4. The number of allylic oxidation sites excluding steroid dienone is 2. The molecule has 3 unspecified atom stereocenters. The Morgan fingerprint density at radius 3 is 2.11 bits per heavy atom. The minimum Gasteiger partial charge on any atom is -0.453 e. The molecule has 8 rings (SSSR count). The van der Waals surface area contributed by atoms with Crippen molar-refractivity contribution in [2.45, 2.75) is 77.4 Å². The number of carbonyl (C=O) groups excluding carboxylic acids is 3. The minimum absolute atomic E-state index is 0.0225. The van der Waals surface area contributed by atoms with E-state index in [1.807, 2.05) is 55.4 Å². The topological polar surface area (TPSA) is 138 Å². The number of aliphatic imine (C=N–C) groups is 2. The van der Waals surface area contributed by atoms with Gasteiger partial charge in [0.25, 0.3) is 0 Å². The van der Waals surface area contributed by atoms with Crippen molar-refractivity contribution in [1.82, 2.24) is 15.5 Å². The number of methoxy groups -OCH3 is 1. The normalized spacial score (nSPS) is 24.4. The molecule has 0 spiro atoms. The number of anilines is 1. The second-order valence-electron chi connectivity index (χ2n) is 16.5. The third-order valence-electron chi connectivity index (χ3n) is 12.7. The molecule has 6 atom stereocenters. The van der Waals surface area contributed by atoms with Crippen molar-refractivity contribution < 1.29 is 19.1 Å². The van der Waals surface area contributed by atoms with Crippen LogP contribution in [-0.4, -0.2) is 60.0 Å². The van der Waals surface area contributed by atoms with Gasteiger partial charge in [0.15, 0.2) is 0 Å². The van der Waals surface area contributed by atoms with Gasteiger partial charge < -0.3 is 26.0 Å². The number of nitrogens with one attached hydrogen (secondary N) is 2. The molecule has 0 aromatic heterocycles. The molecule has 2 saturated carbocycles. The van der Waals surface area contributed by atoms with Crippen LogP contribution in [0.5, 0.6) is 0 Å². The number of likely N-dealkylation sites (tertiary alicyclic amines) is 1. The number of hydrogen-bond donors (Lipinski definition) is 3. The van der Waals surface area contributed by atoms with Crippen LogP contribution in [0, 0.1) is 29.6 Å². The van der Waals surface area contributed by atoms with E-state index in [0.717, 1.165) is 76.9 Å². The summed E-state index contributed by atoms with van der Waals surface area (Å²) in [5.74, 6) is 1.12. The quantitative estimate of drug-likeness (QED) is 0.173. The predicted molar refractivity (Wildman–Crippen MR) is 221 cm³/mol. The van der Waals surface area contributed by atoms with E-state index >= 15 is 0 Å². The summed E-state index contributed by atoms with van der Waals surface area (Å²) in [6.07, 6.45) is 10.0. The van der Waals surface area contributed by atoms with Gasteiger partial charge in [-0.05, 0) is 101 Å². The van der Waals surface area contributed by atoms with E-state index in [2.05, 4.69) is 59.2 Å². The van der Waals surface area contributed by atoms with E-state index in [1.165, 1.54) is 19.1 Å². The summed E-state index contributed by atoms with van der Waals surface area (Å²) >= 11 is 0. The number of ether oxygens (including phenoxy) is 1. The highest BCUT2D eigenvalue weighted by Crippen LogP contribution is 2.54. The molecule has 3 heterocycles. The SMILES string of the molecule is COC(=O)N[C@H](C(=O)N1CCC[C@H]1C1=NC=C(c2ccc(-c3ccc(C4=CN=C(C5C6CCC(C6)[C@H]5C(=O)NCc5cccc(N)c5)C4)cc3)cc2)C1)C(C)C. The van der Waals surface area contributed by atoms with E-state index in [0.29, 0.717) is 37.0 Å². The lowest BCUT2D eigenvalue weighted by molar-refractivity contribution is -0.134. The molecule has 0 radical (unpaired) electrons. The van der Waals surface area contributed by atoms with Crippen molar-refractivity contribution in [1.29, 1.82) is 0 Å². The number of hydrogen-bond acceptors (Lipinski definition) is 7. The number of alkyl carbamates (subject to hydrolysis) is 1. The molecule has 10 heteroatoms. The van der Waals surface area contributed by atoms with Gasteiger partial charge in [-0.2, -0.15) is 0 Å². The molecule has 2 aliphatic carbocycles. The number of nitrogens with zero attached hydrogens (tertiary/aromatic N) is 3. The standard InChI is InChI=1S/C46H52N6O4/c1-27(2)43(51-46(55)56-3)45(54)52-19-5-8-40(52)38-22-35(25-48-38)31-13-9-29(10-14-31)30-11-15-32(16-12-30)36-23-39(49-26-36)41-33-17-18-34(21-33)42(41)44(53)50-24-28-6-4-7-37(47)20-28/h4,6-7,9-16,20,25-27,33-34,40-43H,5,8,17-19,21-24,47H2,1-3H3,(H,50,53)(H,51,55)/t33?,34?,40-,41?,42+,43-/m0/s1. The summed E-state index contributed by atoms with van der Waals surface area (Å²) in [6.45, 7) is 4.99. The zero-order chi connectivity index (χ0) is 38.9. The summed E-state index contributed by atoms with van der Waals surface area (Å²) in [4.78, 5) is 50.8. The first-order valence-corrected chi connectivity index (χ1v) is 20.2. The third kappa shape index (κ3) is 7.53. The molecule has 290 valence electrons. The maximum Gasteiger partial charge on any atom is 0.407 e. The second-order valence-corrected chi connectivity index (χ2v) is 16.5. The van der Waals surface area contributed by atoms with Crippen LogP contribution in [0.2, 0.25) is 0 Å². The van der Waals surface area contributed by atoms with Crippen LogP contribution in [0.25, 0.3) is 22.3 Å². The average Bonchev–Trinajstić information content (AvgIpc) is 4.07. The summed E-state index contributed by atoms with van der Waals surface area (Å²) in [7, 11) is 1.31. The molecule has 3 amide bonds. The van der Waals surface area contributed by atoms with Gasteiger partial charge in [-0.15, -0.1) is 0 Å². The van der Waals surface area contributed by atoms with Crippen molar-refractivity contribution in [2.75, 3.05) is 19.4 Å². The van der Waals surface area contributed by atoms with Gasteiger partial charge in [-0.3, -0.25) is 19.6 Å². The zero-order valence-corrected chi connectivity index (χ0v) is 32.5. The third-order valence-corrected chi connectivity index (χ3v) is 12.7. The van der Waals surface area contributed by atoms with E-state index in [9.17, 15) is 14.4 Å². The fourth-order valence-electron chi connectivity index (χ4n) is 9.82. The first-order chi connectivity index (χ1) is 27.2. The van der Waals surface area contributed by atoms with Crippen LogP contribution < -0.4 is 16.4 Å². The Labute approximate surface area is 329 Å². The summed E-state index contributed by atoms with van der Waals surface area (Å²) in [5, 5.41) is 5.95. The fraction of sp³-hybridized carbons (Fsp3) is 0.413. The lowest BCUT2D eigenvalue weighted by Crippen LogP contribution is -2.53. The number of carbonyl (C=O) groups is 3. The average molecular weight is 753 g/mol. The van der Waals surface area contributed by atoms with Gasteiger partial charge in [0, 0.05) is 67.3 Å². The molecule has 4 N–H and O–H groups in total. The number of fused-ring (bicyclic) bond motifs is 2. The van der Waals surface area contributed by atoms with Crippen LogP contribution in [0.3, 0.4) is 0 Å². The highest BCUT2D eigenvalue weighted by molar-refractivity contribution is 6.04. The first-order valence-electron chi connectivity index (χ1n) is 20.2. The number of benzene rings is 3. The van der Waals surface area contributed by atoms with Crippen molar-refractivity contribution in [2.24, 2.45) is 39.6 Å². The van der Waals surface area contributed by atoms with E-state index < -0.39 is 12.1 Å². The molecule has 3 aromatic rings. The Morgan fingerprint density at radius 2 is 1.46 bits per heavy atom. The molecule has 56 heavy (non-hydrogen) atoms. The molecular weight excluding hydrogens is 701 g/mol. The van der Waals surface area contributed by atoms with Crippen LogP contribution >= 0.6 is 0 Å². The Hall–Kier alpha value is -5.51. The highest BCUT2D eigenvalue weighted by atomic mass is 16.5. The van der Waals surface area contributed by atoms with Gasteiger partial charge in [0.1, 0.15) is 6.04 Å². The van der Waals surface area contributed by atoms with E-state index in [-0.39, 0.29) is 35.6 Å². The van der Waals surface area contributed by atoms with Crippen molar-refractivity contribution in [3.8, 4) is 11.1 Å². The maximum atomic E-state index is 13.6. The second kappa shape index (κ2) is 15.9. The molecule has 3 fully saturated rings. The largest absolute Gasteiger partial charge is 0.453 e. The molecule has 3 aromatic carbocycles. The Morgan fingerprint density at radius 1 is 0.839 bits per heavy atom. The Balaban J connectivity index is 0.862. The van der Waals surface area contributed by atoms with Crippen LogP contribution in [0.1, 0.15) is 75.5 Å². The van der Waals surface area contributed by atoms with Gasteiger partial charge >= 0.3 is 6.09 Å². The number of amides is 3. The van der Waals surface area contributed by atoms with Gasteiger partial charge in [-0.1, -0.05) is 74.5 Å². The van der Waals surface area contributed by atoms with E-state index in [4.69, 9.17) is 20.5 Å². The van der Waals surface area contributed by atoms with E-state index in [1.54, 1.807) is 0 Å². The fourth-order valence-corrected chi connectivity index (χ4v) is 9.82. The Bertz CT molecular complexity index is 2120. The predicted octanol–water partition coefficient (Wildman–Crippen LogP) is 7.66. The van der Waals surface area contributed by atoms with Crippen LogP contribution in [0.15, 0.2) is 95.2 Å². The molecular formula is C46H52N6O4. The lowest BCUT2D eigenvalue weighted by Gasteiger charge is -2.31. The van der Waals surface area contributed by atoms with Gasteiger partial charge in [0.05, 0.1) is 13.2 Å². The molecule has 5 aliphatic rings. The van der Waals surface area contributed by atoms with Crippen molar-refractivity contribution in [3.63, 3.8) is 0 Å². The van der Waals surface area contributed by atoms with Crippen LogP contribution in [0.4, 0.5) is 10.5 Å². The monoisotopic (exact) mass is 752 g/mol. The molecule has 1 saturated heterocycles. The van der Waals surface area contributed by atoms with Crippen molar-refractivity contribution >= 4 is 46.2 Å². The zero-order valence-electron chi connectivity index (χ0n) is 32.5. The summed E-state index contributed by atoms with van der Waals surface area (Å²) in [5.41, 5.74) is 16.7. The summed E-state index contributed by atoms with van der Waals surface area (Å²) in [6, 6.07) is 24.3. The van der Waals surface area contributed by atoms with Crippen molar-refractivity contribution in [3.05, 3.63) is 102 Å². The lowest BCUT2D eigenvalue weighted by atomic mass is 9.75. The molecule has 10 nitrogen and oxygen atoms in total. The van der Waals surface area contributed by atoms with Gasteiger partial charge in [0.2, 0.25) is 11.8 Å². The number of nitrogen functional groups attached to an aromatic ring is 1. The number of nitrogens with two attached hydrogens (primary N) is 1. The molecule has 2 bridgehead atoms. The Kier molecular flexibility index (Phi) is 10.6. The summed E-state index contributed by atoms with van der Waals surface area (Å²) < 4.78 is 4.78.